The molecular weight excluding hydrogens is 260 g/mol. The van der Waals surface area contributed by atoms with Crippen LogP contribution in [0.25, 0.3) is 0 Å². The minimum atomic E-state index is -0.229. The molecule has 0 aliphatic heterocycles. The molecule has 0 saturated carbocycles. The number of aromatic nitrogens is 2. The number of rotatable bonds is 5. The number of carbonyl (C=O) groups is 1. The zero-order chi connectivity index (χ0) is 13.7. The smallest absolute Gasteiger partial charge is 0.286 e. The van der Waals surface area contributed by atoms with Crippen LogP contribution in [0, 0.1) is 6.92 Å². The Balaban J connectivity index is 2.01. The number of benzene rings is 1. The second kappa shape index (κ2) is 6.29. The van der Waals surface area contributed by atoms with E-state index in [4.69, 9.17) is 0 Å². The fraction of sp³-hybridized carbons (Fsp3) is 0.308. The maximum Gasteiger partial charge on any atom is 0.286 e. The Bertz CT molecular complexity index is 567. The Hall–Kier alpha value is -1.95. The van der Waals surface area contributed by atoms with Crippen LogP contribution in [0.4, 0.5) is 10.8 Å². The SMILES string of the molecule is CCCNc1nnc(C(=O)Nc2cccc(C)c2)s1. The van der Waals surface area contributed by atoms with Crippen molar-refractivity contribution >= 4 is 28.1 Å². The maximum atomic E-state index is 12.0. The molecule has 19 heavy (non-hydrogen) atoms. The summed E-state index contributed by atoms with van der Waals surface area (Å²) in [5.41, 5.74) is 1.86. The zero-order valence-electron chi connectivity index (χ0n) is 10.9. The molecule has 100 valence electrons. The minimum Gasteiger partial charge on any atom is -0.360 e. The predicted octanol–water partition coefficient (Wildman–Crippen LogP) is 2.92. The summed E-state index contributed by atoms with van der Waals surface area (Å²) >= 11 is 1.26. The number of anilines is 2. The van der Waals surface area contributed by atoms with E-state index in [0.717, 1.165) is 24.2 Å². The van der Waals surface area contributed by atoms with Crippen molar-refractivity contribution in [1.29, 1.82) is 0 Å². The van der Waals surface area contributed by atoms with Crippen LogP contribution in [0.15, 0.2) is 24.3 Å². The Morgan fingerprint density at radius 3 is 2.95 bits per heavy atom. The molecule has 1 aromatic carbocycles. The molecule has 0 spiro atoms. The summed E-state index contributed by atoms with van der Waals surface area (Å²) in [5, 5.41) is 14.8. The Labute approximate surface area is 116 Å². The molecule has 1 heterocycles. The molecule has 0 atom stereocenters. The van der Waals surface area contributed by atoms with Gasteiger partial charge in [-0.25, -0.2) is 0 Å². The molecule has 5 nitrogen and oxygen atoms in total. The highest BCUT2D eigenvalue weighted by Crippen LogP contribution is 2.17. The standard InChI is InChI=1S/C13H16N4OS/c1-3-7-14-13-17-16-12(19-13)11(18)15-10-6-4-5-9(2)8-10/h4-6,8H,3,7H2,1-2H3,(H,14,17)(H,15,18). The molecule has 0 fully saturated rings. The van der Waals surface area contributed by atoms with E-state index >= 15 is 0 Å². The van der Waals surface area contributed by atoms with Crippen molar-refractivity contribution in [3.05, 3.63) is 34.8 Å². The van der Waals surface area contributed by atoms with E-state index in [1.807, 2.05) is 31.2 Å². The third-order valence-corrected chi connectivity index (χ3v) is 3.30. The molecule has 0 aliphatic carbocycles. The van der Waals surface area contributed by atoms with Crippen molar-refractivity contribution in [2.75, 3.05) is 17.2 Å². The van der Waals surface area contributed by atoms with Crippen LogP contribution in [0.3, 0.4) is 0 Å². The molecule has 1 aromatic heterocycles. The minimum absolute atomic E-state index is 0.229. The maximum absolute atomic E-state index is 12.0. The summed E-state index contributed by atoms with van der Waals surface area (Å²) in [4.78, 5) is 12.0. The summed E-state index contributed by atoms with van der Waals surface area (Å²) < 4.78 is 0. The van der Waals surface area contributed by atoms with Gasteiger partial charge in [-0.3, -0.25) is 4.79 Å². The summed E-state index contributed by atoms with van der Waals surface area (Å²) in [5.74, 6) is -0.229. The Kier molecular flexibility index (Phi) is 4.46. The van der Waals surface area contributed by atoms with Crippen molar-refractivity contribution < 1.29 is 4.79 Å². The van der Waals surface area contributed by atoms with E-state index in [1.165, 1.54) is 11.3 Å². The average Bonchev–Trinajstić information content (AvgIpc) is 2.85. The number of hydrogen-bond acceptors (Lipinski definition) is 5. The first-order valence-electron chi connectivity index (χ1n) is 6.14. The first kappa shape index (κ1) is 13.5. The van der Waals surface area contributed by atoms with E-state index in [-0.39, 0.29) is 5.91 Å². The first-order chi connectivity index (χ1) is 9.19. The number of nitrogens with one attached hydrogen (secondary N) is 2. The fourth-order valence-corrected chi connectivity index (χ4v) is 2.19. The summed E-state index contributed by atoms with van der Waals surface area (Å²) in [6.07, 6.45) is 1.00. The van der Waals surface area contributed by atoms with Gasteiger partial charge in [0.05, 0.1) is 0 Å². The Morgan fingerprint density at radius 2 is 2.21 bits per heavy atom. The highest BCUT2D eigenvalue weighted by molar-refractivity contribution is 7.17. The van der Waals surface area contributed by atoms with Gasteiger partial charge >= 0.3 is 0 Å². The van der Waals surface area contributed by atoms with Gasteiger partial charge in [-0.2, -0.15) is 0 Å². The van der Waals surface area contributed by atoms with Crippen LogP contribution >= 0.6 is 11.3 Å². The van der Waals surface area contributed by atoms with Crippen molar-refractivity contribution in [2.24, 2.45) is 0 Å². The molecular formula is C13H16N4OS. The van der Waals surface area contributed by atoms with Gasteiger partial charge in [0.2, 0.25) is 10.1 Å². The second-order valence-corrected chi connectivity index (χ2v) is 5.14. The van der Waals surface area contributed by atoms with Crippen molar-refractivity contribution in [3.8, 4) is 0 Å². The van der Waals surface area contributed by atoms with Crippen LogP contribution in [0.5, 0.6) is 0 Å². The molecule has 2 aromatic rings. The number of hydrogen-bond donors (Lipinski definition) is 2. The number of carbonyl (C=O) groups excluding carboxylic acids is 1. The highest BCUT2D eigenvalue weighted by Gasteiger charge is 2.12. The molecule has 6 heteroatoms. The van der Waals surface area contributed by atoms with Gasteiger partial charge in [0.15, 0.2) is 0 Å². The van der Waals surface area contributed by atoms with Gasteiger partial charge in [-0.15, -0.1) is 10.2 Å². The van der Waals surface area contributed by atoms with E-state index in [2.05, 4.69) is 27.8 Å². The third kappa shape index (κ3) is 3.75. The van der Waals surface area contributed by atoms with E-state index < -0.39 is 0 Å². The van der Waals surface area contributed by atoms with Crippen molar-refractivity contribution in [1.82, 2.24) is 10.2 Å². The quantitative estimate of drug-likeness (QED) is 0.881. The molecule has 2 N–H and O–H groups in total. The van der Waals surface area contributed by atoms with Gasteiger partial charge in [0.1, 0.15) is 0 Å². The van der Waals surface area contributed by atoms with Crippen molar-refractivity contribution in [2.45, 2.75) is 20.3 Å². The molecule has 0 radical (unpaired) electrons. The van der Waals surface area contributed by atoms with Gasteiger partial charge in [0.25, 0.3) is 5.91 Å². The summed E-state index contributed by atoms with van der Waals surface area (Å²) in [6.45, 7) is 4.88. The summed E-state index contributed by atoms with van der Waals surface area (Å²) in [6, 6.07) is 7.64. The average molecular weight is 276 g/mol. The molecule has 1 amide bonds. The Morgan fingerprint density at radius 1 is 1.37 bits per heavy atom. The summed E-state index contributed by atoms with van der Waals surface area (Å²) in [7, 11) is 0. The van der Waals surface area contributed by atoms with Gasteiger partial charge in [-0.1, -0.05) is 30.4 Å². The molecule has 2 rings (SSSR count). The van der Waals surface area contributed by atoms with Crippen LogP contribution < -0.4 is 10.6 Å². The van der Waals surface area contributed by atoms with Crippen LogP contribution in [-0.4, -0.2) is 22.6 Å². The number of amides is 1. The van der Waals surface area contributed by atoms with E-state index in [9.17, 15) is 4.79 Å². The van der Waals surface area contributed by atoms with E-state index in [0.29, 0.717) is 10.1 Å². The van der Waals surface area contributed by atoms with Crippen molar-refractivity contribution in [3.63, 3.8) is 0 Å². The monoisotopic (exact) mass is 276 g/mol. The third-order valence-electron chi connectivity index (χ3n) is 2.42. The zero-order valence-corrected chi connectivity index (χ0v) is 11.8. The number of aryl methyl sites for hydroxylation is 1. The van der Waals surface area contributed by atoms with Crippen LogP contribution in [-0.2, 0) is 0 Å². The normalized spacial score (nSPS) is 10.2. The lowest BCUT2D eigenvalue weighted by Gasteiger charge is -2.02. The fourth-order valence-electron chi connectivity index (χ4n) is 1.53. The molecule has 0 saturated heterocycles. The predicted molar refractivity (Wildman–Crippen MR) is 77.8 cm³/mol. The van der Waals surface area contributed by atoms with Crippen LogP contribution in [0.2, 0.25) is 0 Å². The highest BCUT2D eigenvalue weighted by atomic mass is 32.1. The van der Waals surface area contributed by atoms with Gasteiger partial charge < -0.3 is 10.6 Å². The topological polar surface area (TPSA) is 66.9 Å². The lowest BCUT2D eigenvalue weighted by molar-refractivity contribution is 0.102. The van der Waals surface area contributed by atoms with E-state index in [1.54, 1.807) is 0 Å². The lowest BCUT2D eigenvalue weighted by Crippen LogP contribution is -2.11. The lowest BCUT2D eigenvalue weighted by atomic mass is 10.2. The number of nitrogens with zero attached hydrogens (tertiary/aromatic N) is 2. The molecule has 0 unspecified atom stereocenters. The van der Waals surface area contributed by atoms with Crippen LogP contribution in [0.1, 0.15) is 28.7 Å². The first-order valence-corrected chi connectivity index (χ1v) is 6.96. The van der Waals surface area contributed by atoms with Gasteiger partial charge in [-0.05, 0) is 31.0 Å². The second-order valence-electron chi connectivity index (χ2n) is 4.16. The van der Waals surface area contributed by atoms with Gasteiger partial charge in [0, 0.05) is 12.2 Å². The molecule has 0 bridgehead atoms. The largest absolute Gasteiger partial charge is 0.360 e. The molecule has 0 aliphatic rings.